The first-order valence-electron chi connectivity index (χ1n) is 17.6. The molecule has 1 aromatic rings. The summed E-state index contributed by atoms with van der Waals surface area (Å²) >= 11 is 0. The van der Waals surface area contributed by atoms with Crippen LogP contribution in [0.3, 0.4) is 0 Å². The zero-order valence-corrected chi connectivity index (χ0v) is 28.5. The van der Waals surface area contributed by atoms with Crippen LogP contribution in [0.25, 0.3) is 5.57 Å². The summed E-state index contributed by atoms with van der Waals surface area (Å²) in [4.78, 5) is 35.8. The third kappa shape index (κ3) is 4.90. The van der Waals surface area contributed by atoms with E-state index in [1.165, 1.54) is 76.0 Å². The molecule has 5 aliphatic carbocycles. The molecule has 45 heavy (non-hydrogen) atoms. The first-order valence-corrected chi connectivity index (χ1v) is 17.6. The van der Waals surface area contributed by atoms with E-state index in [0.717, 1.165) is 13.0 Å². The fourth-order valence-electron chi connectivity index (χ4n) is 12.6. The zero-order valence-electron chi connectivity index (χ0n) is 28.5. The van der Waals surface area contributed by atoms with Crippen molar-refractivity contribution < 1.29 is 24.2 Å². The Labute approximate surface area is 270 Å². The van der Waals surface area contributed by atoms with Crippen molar-refractivity contribution in [1.29, 1.82) is 0 Å². The van der Waals surface area contributed by atoms with Gasteiger partial charge in [-0.2, -0.15) is 0 Å². The number of nitrogens with one attached hydrogen (secondary N) is 1. The zero-order chi connectivity index (χ0) is 32.4. The van der Waals surface area contributed by atoms with Gasteiger partial charge in [-0.15, -0.1) is 0 Å². The summed E-state index contributed by atoms with van der Waals surface area (Å²) in [7, 11) is 1.37. The quantitative estimate of drug-likeness (QED) is 0.300. The number of fused-ring (bicyclic) bond motifs is 7. The molecule has 6 heteroatoms. The van der Waals surface area contributed by atoms with E-state index in [2.05, 4.69) is 46.0 Å². The second-order valence-corrected chi connectivity index (χ2v) is 16.8. The summed E-state index contributed by atoms with van der Waals surface area (Å²) in [6.45, 7) is 13.6. The van der Waals surface area contributed by atoms with Crippen molar-refractivity contribution in [3.05, 3.63) is 41.5 Å². The van der Waals surface area contributed by atoms with E-state index < -0.39 is 5.97 Å². The van der Waals surface area contributed by atoms with E-state index in [-0.39, 0.29) is 51.8 Å². The molecule has 1 aromatic carbocycles. The summed E-state index contributed by atoms with van der Waals surface area (Å²) in [5, 5.41) is 12.7. The number of hydrogen-bond donors (Lipinski definition) is 2. The van der Waals surface area contributed by atoms with Gasteiger partial charge in [-0.25, -0.2) is 4.79 Å². The highest BCUT2D eigenvalue weighted by molar-refractivity contribution is 5.88. The highest BCUT2D eigenvalue weighted by Crippen LogP contribution is 2.77. The van der Waals surface area contributed by atoms with Gasteiger partial charge in [0.15, 0.2) is 0 Å². The van der Waals surface area contributed by atoms with Gasteiger partial charge in [-0.05, 0) is 132 Å². The Morgan fingerprint density at radius 3 is 2.27 bits per heavy atom. The molecular weight excluding hydrogens is 562 g/mol. The lowest BCUT2D eigenvalue weighted by Gasteiger charge is -2.72. The lowest BCUT2D eigenvalue weighted by molar-refractivity contribution is -0.222. The number of carboxylic acids is 1. The Balaban J connectivity index is 1.23. The van der Waals surface area contributed by atoms with E-state index in [1.807, 2.05) is 12.1 Å². The number of hydrogen-bond acceptors (Lipinski definition) is 4. The molecule has 0 radical (unpaired) electrons. The van der Waals surface area contributed by atoms with E-state index in [4.69, 9.17) is 4.74 Å². The number of esters is 1. The van der Waals surface area contributed by atoms with Crippen LogP contribution in [0.1, 0.15) is 128 Å². The average Bonchev–Trinajstić information content (AvgIpc) is 3.43. The molecule has 2 N–H and O–H groups in total. The van der Waals surface area contributed by atoms with Gasteiger partial charge in [-0.1, -0.05) is 59.2 Å². The molecule has 4 fully saturated rings. The molecular formula is C39H55NO5. The van der Waals surface area contributed by atoms with Gasteiger partial charge in [-0.3, -0.25) is 9.59 Å². The Hall–Kier alpha value is -2.63. The maximum absolute atomic E-state index is 12.7. The third-order valence-electron chi connectivity index (χ3n) is 15.0. The number of carbonyl (C=O) groups is 3. The largest absolute Gasteiger partial charge is 0.478 e. The van der Waals surface area contributed by atoms with E-state index in [1.54, 1.807) is 12.1 Å². The Bertz CT molecular complexity index is 1380. The number of allylic oxidation sites excluding steroid dienone is 2. The predicted octanol–water partition coefficient (Wildman–Crippen LogP) is 8.30. The number of ether oxygens (including phenoxy) is 1. The summed E-state index contributed by atoms with van der Waals surface area (Å²) in [6.07, 6.45) is 15.2. The van der Waals surface area contributed by atoms with Gasteiger partial charge in [0.1, 0.15) is 0 Å². The molecule has 0 aliphatic heterocycles. The van der Waals surface area contributed by atoms with Crippen molar-refractivity contribution in [3.8, 4) is 0 Å². The van der Waals surface area contributed by atoms with Crippen molar-refractivity contribution in [3.63, 3.8) is 0 Å². The van der Waals surface area contributed by atoms with E-state index >= 15 is 0 Å². The van der Waals surface area contributed by atoms with Crippen LogP contribution in [0, 0.1) is 50.7 Å². The molecule has 0 saturated heterocycles. The highest BCUT2D eigenvalue weighted by atomic mass is 16.5. The molecule has 0 bridgehead atoms. The van der Waals surface area contributed by atoms with Crippen LogP contribution in [-0.4, -0.2) is 36.6 Å². The molecule has 246 valence electrons. The topological polar surface area (TPSA) is 92.7 Å². The third-order valence-corrected chi connectivity index (χ3v) is 15.0. The minimum Gasteiger partial charge on any atom is -0.478 e. The predicted molar refractivity (Wildman–Crippen MR) is 176 cm³/mol. The molecule has 6 rings (SSSR count). The fraction of sp³-hybridized carbons (Fsp3) is 0.718. The molecule has 0 spiro atoms. The molecule has 7 unspecified atom stereocenters. The maximum Gasteiger partial charge on any atom is 0.335 e. The molecule has 5 aliphatic rings. The van der Waals surface area contributed by atoms with Crippen molar-refractivity contribution >= 4 is 23.4 Å². The van der Waals surface area contributed by atoms with Gasteiger partial charge in [0.05, 0.1) is 19.1 Å². The number of carbonyl (C=O) groups excluding carboxylic acids is 2. The van der Waals surface area contributed by atoms with Crippen LogP contribution >= 0.6 is 0 Å². The van der Waals surface area contributed by atoms with Crippen molar-refractivity contribution in [2.75, 3.05) is 13.7 Å². The highest BCUT2D eigenvalue weighted by Gasteiger charge is 2.69. The summed E-state index contributed by atoms with van der Waals surface area (Å²) in [6, 6.07) is 7.53. The first-order chi connectivity index (χ1) is 21.2. The molecule has 4 saturated carbocycles. The Kier molecular flexibility index (Phi) is 8.09. The second-order valence-electron chi connectivity index (χ2n) is 16.8. The van der Waals surface area contributed by atoms with Crippen LogP contribution < -0.4 is 5.32 Å². The standard InChI is InChI=1S/C39H55NO5/c1-35(2)27(25-9-11-26(12-10-25)34(43)44)17-20-36(3)30(35)18-21-38(5)31(36)14-13-28-29-8-7-19-39(29,23-22-37(28,38)4)24-40-32(41)15-16-33(42)45-6/h9-12,17,28-31H,7-8,13-16,18-24H2,1-6H3,(H,40,41)(H,43,44)/t28?,29?,30?,31?,36?,37-,38?,39?/m1/s1. The minimum atomic E-state index is -0.875. The first kappa shape index (κ1) is 32.3. The van der Waals surface area contributed by atoms with Gasteiger partial charge < -0.3 is 15.2 Å². The fourth-order valence-corrected chi connectivity index (χ4v) is 12.6. The number of carboxylic acid groups (broad SMARTS) is 1. The number of amides is 1. The molecule has 1 amide bonds. The van der Waals surface area contributed by atoms with Gasteiger partial charge >= 0.3 is 11.9 Å². The number of aromatic carboxylic acids is 1. The lowest BCUT2D eigenvalue weighted by Crippen LogP contribution is -2.65. The number of methoxy groups -OCH3 is 1. The van der Waals surface area contributed by atoms with Crippen molar-refractivity contribution in [2.24, 2.45) is 50.7 Å². The van der Waals surface area contributed by atoms with Crippen LogP contribution in [-0.2, 0) is 14.3 Å². The van der Waals surface area contributed by atoms with Crippen molar-refractivity contribution in [1.82, 2.24) is 5.32 Å². The average molecular weight is 618 g/mol. The normalized spacial score (nSPS) is 39.7. The van der Waals surface area contributed by atoms with E-state index in [0.29, 0.717) is 29.2 Å². The van der Waals surface area contributed by atoms with Crippen LogP contribution in [0.5, 0.6) is 0 Å². The SMILES string of the molecule is COC(=O)CCC(=O)NCC12CCCC1C1CCC3C4(C)CC=C(c5ccc(C(=O)O)cc5)C(C)(C)C4CCC3(C)[C@]1(C)CC2. The lowest BCUT2D eigenvalue weighted by atomic mass is 9.32. The Morgan fingerprint density at radius 2 is 1.58 bits per heavy atom. The summed E-state index contributed by atoms with van der Waals surface area (Å²) < 4.78 is 4.73. The van der Waals surface area contributed by atoms with E-state index in [9.17, 15) is 19.5 Å². The number of rotatable bonds is 7. The maximum atomic E-state index is 12.7. The summed E-state index contributed by atoms with van der Waals surface area (Å²) in [5.74, 6) is 1.37. The molecule has 6 nitrogen and oxygen atoms in total. The smallest absolute Gasteiger partial charge is 0.335 e. The minimum absolute atomic E-state index is 0.00999. The Morgan fingerprint density at radius 1 is 0.844 bits per heavy atom. The second kappa shape index (κ2) is 11.3. The molecule has 0 aromatic heterocycles. The van der Waals surface area contributed by atoms with Gasteiger partial charge in [0, 0.05) is 13.0 Å². The monoisotopic (exact) mass is 617 g/mol. The van der Waals surface area contributed by atoms with Crippen molar-refractivity contribution in [2.45, 2.75) is 112 Å². The molecule has 0 heterocycles. The summed E-state index contributed by atoms with van der Waals surface area (Å²) in [5.41, 5.74) is 3.89. The van der Waals surface area contributed by atoms with Gasteiger partial charge in [0.25, 0.3) is 0 Å². The van der Waals surface area contributed by atoms with Crippen LogP contribution in [0.4, 0.5) is 0 Å². The van der Waals surface area contributed by atoms with Gasteiger partial charge in [0.2, 0.25) is 5.91 Å². The van der Waals surface area contributed by atoms with Crippen LogP contribution in [0.15, 0.2) is 30.3 Å². The van der Waals surface area contributed by atoms with Crippen LogP contribution in [0.2, 0.25) is 0 Å². The number of benzene rings is 1. The molecule has 8 atom stereocenters.